The molecule has 3 nitrogen and oxygen atoms in total. The van der Waals surface area contributed by atoms with Gasteiger partial charge >= 0.3 is 0 Å². The van der Waals surface area contributed by atoms with Crippen LogP contribution in [0.1, 0.15) is 19.8 Å². The van der Waals surface area contributed by atoms with E-state index in [0.29, 0.717) is 6.41 Å². The van der Waals surface area contributed by atoms with Crippen molar-refractivity contribution in [3.63, 3.8) is 0 Å². The van der Waals surface area contributed by atoms with Gasteiger partial charge in [-0.25, -0.2) is 4.21 Å². The Morgan fingerprint density at radius 2 is 2.22 bits per heavy atom. The maximum atomic E-state index is 10.9. The van der Waals surface area contributed by atoms with Crippen molar-refractivity contribution in [2.45, 2.75) is 24.5 Å². The van der Waals surface area contributed by atoms with Gasteiger partial charge in [-0.05, 0) is 19.8 Å². The van der Waals surface area contributed by atoms with Gasteiger partial charge in [-0.2, -0.15) is 0 Å². The van der Waals surface area contributed by atoms with E-state index in [1.807, 2.05) is 6.92 Å². The fourth-order valence-corrected chi connectivity index (χ4v) is 1.39. The summed E-state index contributed by atoms with van der Waals surface area (Å²) in [4.78, 5) is 9.79. The minimum atomic E-state index is -1.14. The van der Waals surface area contributed by atoms with Gasteiger partial charge in [0.2, 0.25) is 6.41 Å². The van der Waals surface area contributed by atoms with Crippen LogP contribution in [0.4, 0.5) is 0 Å². The zero-order valence-corrected chi connectivity index (χ0v) is 6.03. The molecule has 1 amide bonds. The average molecular weight is 147 g/mol. The molecule has 0 aromatic rings. The van der Waals surface area contributed by atoms with Crippen molar-refractivity contribution >= 4 is 17.4 Å². The Morgan fingerprint density at radius 1 is 1.67 bits per heavy atom. The lowest BCUT2D eigenvalue weighted by molar-refractivity contribution is -0.108. The third-order valence-corrected chi connectivity index (χ3v) is 3.17. The normalized spacial score (nSPS) is 24.6. The Kier molecular flexibility index (Phi) is 1.57. The lowest BCUT2D eigenvalue weighted by atomic mass is 10.5. The topological polar surface area (TPSA) is 46.2 Å². The molecule has 1 aliphatic carbocycles. The SMILES string of the molecule is CC1(S(=O)NC=O)CC1. The van der Waals surface area contributed by atoms with Crippen molar-refractivity contribution in [2.75, 3.05) is 0 Å². The largest absolute Gasteiger partial charge is 0.278 e. The van der Waals surface area contributed by atoms with E-state index < -0.39 is 11.0 Å². The van der Waals surface area contributed by atoms with E-state index in [2.05, 4.69) is 4.72 Å². The second-order valence-electron chi connectivity index (χ2n) is 2.45. The molecule has 1 N–H and O–H groups in total. The standard InChI is InChI=1S/C5H9NO2S/c1-5(2-3-5)9(8)6-4-7/h4H,2-3H2,1H3,(H,6,7). The number of hydrogen-bond acceptors (Lipinski definition) is 2. The highest BCUT2D eigenvalue weighted by Crippen LogP contribution is 2.39. The molecule has 0 aliphatic heterocycles. The van der Waals surface area contributed by atoms with Crippen molar-refractivity contribution < 1.29 is 9.00 Å². The summed E-state index contributed by atoms with van der Waals surface area (Å²) in [5.41, 5.74) is 0. The van der Waals surface area contributed by atoms with Crippen molar-refractivity contribution in [2.24, 2.45) is 0 Å². The highest BCUT2D eigenvalue weighted by Gasteiger charge is 2.43. The van der Waals surface area contributed by atoms with Crippen LogP contribution in [0.3, 0.4) is 0 Å². The Bertz CT molecular complexity index is 153. The van der Waals surface area contributed by atoms with Crippen LogP contribution in [0.15, 0.2) is 0 Å². The van der Waals surface area contributed by atoms with Gasteiger partial charge in [0.05, 0.1) is 4.75 Å². The summed E-state index contributed by atoms with van der Waals surface area (Å²) in [6, 6.07) is 0. The lowest BCUT2D eigenvalue weighted by Crippen LogP contribution is -2.25. The van der Waals surface area contributed by atoms with Gasteiger partial charge in [0, 0.05) is 0 Å². The monoisotopic (exact) mass is 147 g/mol. The Hall–Kier alpha value is -0.380. The molecule has 1 rings (SSSR count). The molecule has 1 saturated carbocycles. The third-order valence-electron chi connectivity index (χ3n) is 1.56. The molecule has 0 aromatic carbocycles. The molecule has 52 valence electrons. The average Bonchev–Trinajstić information content (AvgIpc) is 2.50. The molecule has 4 heteroatoms. The van der Waals surface area contributed by atoms with Gasteiger partial charge in [-0.3, -0.25) is 9.52 Å². The van der Waals surface area contributed by atoms with Crippen LogP contribution in [0.5, 0.6) is 0 Å². The Morgan fingerprint density at radius 3 is 2.56 bits per heavy atom. The van der Waals surface area contributed by atoms with Crippen LogP contribution < -0.4 is 4.72 Å². The molecule has 0 spiro atoms. The van der Waals surface area contributed by atoms with Gasteiger partial charge in [0.25, 0.3) is 0 Å². The summed E-state index contributed by atoms with van der Waals surface area (Å²) < 4.78 is 13.0. The summed E-state index contributed by atoms with van der Waals surface area (Å²) in [6.45, 7) is 1.90. The summed E-state index contributed by atoms with van der Waals surface area (Å²) in [6.07, 6.45) is 2.40. The van der Waals surface area contributed by atoms with Crippen LogP contribution in [-0.4, -0.2) is 15.4 Å². The maximum Gasteiger partial charge on any atom is 0.218 e. The smallest absolute Gasteiger partial charge is 0.218 e. The predicted octanol–water partition coefficient (Wildman–Crippen LogP) is -0.0514. The fraction of sp³-hybridized carbons (Fsp3) is 0.800. The summed E-state index contributed by atoms with van der Waals surface area (Å²) in [5, 5.41) is 0. The third kappa shape index (κ3) is 1.30. The predicted molar refractivity (Wildman–Crippen MR) is 35.0 cm³/mol. The van der Waals surface area contributed by atoms with Crippen LogP contribution >= 0.6 is 0 Å². The van der Waals surface area contributed by atoms with E-state index in [-0.39, 0.29) is 4.75 Å². The first-order valence-electron chi connectivity index (χ1n) is 2.81. The highest BCUT2D eigenvalue weighted by atomic mass is 32.2. The molecule has 1 aliphatic rings. The van der Waals surface area contributed by atoms with E-state index in [0.717, 1.165) is 12.8 Å². The van der Waals surface area contributed by atoms with Crippen LogP contribution in [0.25, 0.3) is 0 Å². The Balaban J connectivity index is 2.42. The molecular weight excluding hydrogens is 138 g/mol. The number of carbonyl (C=O) groups excluding carboxylic acids is 1. The molecule has 0 aromatic heterocycles. The lowest BCUT2D eigenvalue weighted by Gasteiger charge is -2.03. The van der Waals surface area contributed by atoms with E-state index in [9.17, 15) is 9.00 Å². The summed E-state index contributed by atoms with van der Waals surface area (Å²) in [5.74, 6) is 0. The van der Waals surface area contributed by atoms with Gasteiger partial charge in [0.15, 0.2) is 0 Å². The van der Waals surface area contributed by atoms with Crippen molar-refractivity contribution in [1.82, 2.24) is 4.72 Å². The molecule has 9 heavy (non-hydrogen) atoms. The summed E-state index contributed by atoms with van der Waals surface area (Å²) in [7, 11) is -1.14. The number of hydrogen-bond donors (Lipinski definition) is 1. The summed E-state index contributed by atoms with van der Waals surface area (Å²) >= 11 is 0. The molecule has 0 saturated heterocycles. The molecule has 0 bridgehead atoms. The number of nitrogens with one attached hydrogen (secondary N) is 1. The number of carbonyl (C=O) groups is 1. The molecule has 1 atom stereocenters. The van der Waals surface area contributed by atoms with Crippen LogP contribution in [0.2, 0.25) is 0 Å². The second kappa shape index (κ2) is 2.10. The first-order valence-corrected chi connectivity index (χ1v) is 3.96. The van der Waals surface area contributed by atoms with Gasteiger partial charge in [0.1, 0.15) is 11.0 Å². The molecule has 0 heterocycles. The quantitative estimate of drug-likeness (QED) is 0.569. The fourth-order valence-electron chi connectivity index (χ4n) is 0.547. The van der Waals surface area contributed by atoms with E-state index >= 15 is 0 Å². The van der Waals surface area contributed by atoms with Gasteiger partial charge < -0.3 is 0 Å². The molecule has 1 fully saturated rings. The van der Waals surface area contributed by atoms with E-state index in [1.165, 1.54) is 0 Å². The minimum absolute atomic E-state index is 0.110. The number of rotatable bonds is 3. The van der Waals surface area contributed by atoms with Crippen molar-refractivity contribution in [3.8, 4) is 0 Å². The first kappa shape index (κ1) is 6.74. The van der Waals surface area contributed by atoms with Gasteiger partial charge in [-0.1, -0.05) is 0 Å². The van der Waals surface area contributed by atoms with Crippen molar-refractivity contribution in [1.29, 1.82) is 0 Å². The zero-order chi connectivity index (χ0) is 6.91. The first-order chi connectivity index (χ1) is 4.19. The Labute approximate surface area is 56.4 Å². The van der Waals surface area contributed by atoms with Gasteiger partial charge in [-0.15, -0.1) is 0 Å². The van der Waals surface area contributed by atoms with Crippen LogP contribution in [-0.2, 0) is 15.8 Å². The highest BCUT2D eigenvalue weighted by molar-refractivity contribution is 7.85. The van der Waals surface area contributed by atoms with E-state index in [1.54, 1.807) is 0 Å². The zero-order valence-electron chi connectivity index (χ0n) is 5.22. The van der Waals surface area contributed by atoms with E-state index in [4.69, 9.17) is 0 Å². The molecule has 0 radical (unpaired) electrons. The molecular formula is C5H9NO2S. The van der Waals surface area contributed by atoms with Crippen molar-refractivity contribution in [3.05, 3.63) is 0 Å². The maximum absolute atomic E-state index is 10.9. The minimum Gasteiger partial charge on any atom is -0.278 e. The molecule has 1 unspecified atom stereocenters. The number of amides is 1. The van der Waals surface area contributed by atoms with Crippen LogP contribution in [0, 0.1) is 0 Å². The second-order valence-corrected chi connectivity index (χ2v) is 4.21.